The molecular formula is C6H11ClO. The predicted octanol–water partition coefficient (Wildman–Crippen LogP) is 1.82. The Bertz CT molecular complexity index is 66.9. The van der Waals surface area contributed by atoms with Gasteiger partial charge in [-0.1, -0.05) is 12.2 Å². The van der Waals surface area contributed by atoms with Crippen molar-refractivity contribution in [2.24, 2.45) is 0 Å². The summed E-state index contributed by atoms with van der Waals surface area (Å²) in [6.45, 7) is 1.94. The topological polar surface area (TPSA) is 9.23 Å². The Morgan fingerprint density at radius 1 is 1.75 bits per heavy atom. The van der Waals surface area contributed by atoms with Gasteiger partial charge in [-0.05, 0) is 6.92 Å². The van der Waals surface area contributed by atoms with Crippen LogP contribution >= 0.6 is 11.6 Å². The molecular weight excluding hydrogens is 124 g/mol. The van der Waals surface area contributed by atoms with E-state index in [-0.39, 0.29) is 6.10 Å². The van der Waals surface area contributed by atoms with Crippen molar-refractivity contribution in [1.82, 2.24) is 0 Å². The van der Waals surface area contributed by atoms with Crippen LogP contribution < -0.4 is 0 Å². The van der Waals surface area contributed by atoms with E-state index in [0.29, 0.717) is 5.88 Å². The minimum absolute atomic E-state index is 0.0849. The second-order valence-electron chi connectivity index (χ2n) is 1.45. The average Bonchev–Trinajstić information content (AvgIpc) is 1.83. The highest BCUT2D eigenvalue weighted by Gasteiger charge is 1.95. The molecule has 1 atom stereocenters. The van der Waals surface area contributed by atoms with Gasteiger partial charge in [-0.2, -0.15) is 0 Å². The molecule has 1 unspecified atom stereocenters. The van der Waals surface area contributed by atoms with Crippen molar-refractivity contribution >= 4 is 11.6 Å². The zero-order valence-corrected chi connectivity index (χ0v) is 5.98. The highest BCUT2D eigenvalue weighted by molar-refractivity contribution is 6.18. The maximum Gasteiger partial charge on any atom is 0.0887 e. The summed E-state index contributed by atoms with van der Waals surface area (Å²) < 4.78 is 4.92. The third-order valence-corrected chi connectivity index (χ3v) is 1.17. The summed E-state index contributed by atoms with van der Waals surface area (Å²) in [7, 11) is 1.65. The molecule has 8 heavy (non-hydrogen) atoms. The van der Waals surface area contributed by atoms with Crippen molar-refractivity contribution in [2.75, 3.05) is 13.0 Å². The van der Waals surface area contributed by atoms with E-state index in [1.54, 1.807) is 7.11 Å². The Morgan fingerprint density at radius 2 is 2.38 bits per heavy atom. The molecule has 0 aromatic rings. The third kappa shape index (κ3) is 3.05. The summed E-state index contributed by atoms with van der Waals surface area (Å²) in [6.07, 6.45) is 3.94. The first-order valence-electron chi connectivity index (χ1n) is 2.56. The highest BCUT2D eigenvalue weighted by atomic mass is 35.5. The smallest absolute Gasteiger partial charge is 0.0887 e. The van der Waals surface area contributed by atoms with Gasteiger partial charge in [0, 0.05) is 7.11 Å². The van der Waals surface area contributed by atoms with Gasteiger partial charge in [-0.25, -0.2) is 0 Å². The quantitative estimate of drug-likeness (QED) is 0.423. The molecule has 0 aliphatic heterocycles. The van der Waals surface area contributed by atoms with E-state index in [1.807, 2.05) is 19.1 Å². The Balaban J connectivity index is 3.36. The van der Waals surface area contributed by atoms with Crippen LogP contribution in [0.4, 0.5) is 0 Å². The van der Waals surface area contributed by atoms with Crippen LogP contribution in [0.15, 0.2) is 12.2 Å². The number of halogens is 1. The largest absolute Gasteiger partial charge is 0.376 e. The molecule has 0 heterocycles. The molecule has 0 aromatic carbocycles. The van der Waals surface area contributed by atoms with Crippen LogP contribution in [0.2, 0.25) is 0 Å². The maximum atomic E-state index is 5.47. The number of methoxy groups -OCH3 is 1. The molecule has 0 N–H and O–H groups in total. The number of rotatable bonds is 3. The molecule has 0 rings (SSSR count). The average molecular weight is 135 g/mol. The fraction of sp³-hybridized carbons (Fsp3) is 0.667. The molecule has 0 bridgehead atoms. The lowest BCUT2D eigenvalue weighted by Gasteiger charge is -2.03. The summed E-state index contributed by atoms with van der Waals surface area (Å²) in [5, 5.41) is 0. The van der Waals surface area contributed by atoms with Crippen molar-refractivity contribution < 1.29 is 4.74 Å². The van der Waals surface area contributed by atoms with Crippen LogP contribution in [0, 0.1) is 0 Å². The molecule has 0 saturated heterocycles. The highest BCUT2D eigenvalue weighted by Crippen LogP contribution is 1.94. The van der Waals surface area contributed by atoms with Gasteiger partial charge < -0.3 is 4.74 Å². The van der Waals surface area contributed by atoms with Gasteiger partial charge in [-0.3, -0.25) is 0 Å². The first-order chi connectivity index (χ1) is 3.85. The van der Waals surface area contributed by atoms with E-state index in [0.717, 1.165) is 0 Å². The lowest BCUT2D eigenvalue weighted by molar-refractivity contribution is 0.159. The Kier molecular flexibility index (Phi) is 5.13. The molecule has 48 valence electrons. The fourth-order valence-corrected chi connectivity index (χ4v) is 0.637. The van der Waals surface area contributed by atoms with Crippen LogP contribution in [0.25, 0.3) is 0 Å². The van der Waals surface area contributed by atoms with E-state index in [4.69, 9.17) is 16.3 Å². The molecule has 0 aliphatic rings. The first-order valence-corrected chi connectivity index (χ1v) is 3.10. The van der Waals surface area contributed by atoms with E-state index in [9.17, 15) is 0 Å². The zero-order chi connectivity index (χ0) is 6.41. The molecule has 0 aliphatic carbocycles. The van der Waals surface area contributed by atoms with Gasteiger partial charge in [0.1, 0.15) is 0 Å². The number of alkyl halides is 1. The second kappa shape index (κ2) is 5.13. The van der Waals surface area contributed by atoms with Gasteiger partial charge in [0.2, 0.25) is 0 Å². The van der Waals surface area contributed by atoms with E-state index < -0.39 is 0 Å². The monoisotopic (exact) mass is 134 g/mol. The number of hydrogen-bond donors (Lipinski definition) is 0. The van der Waals surface area contributed by atoms with Gasteiger partial charge in [0.15, 0.2) is 0 Å². The Labute approximate surface area is 55.3 Å². The van der Waals surface area contributed by atoms with Crippen LogP contribution in [-0.4, -0.2) is 19.1 Å². The van der Waals surface area contributed by atoms with Crippen molar-refractivity contribution in [3.8, 4) is 0 Å². The number of ether oxygens (including phenoxy) is 1. The van der Waals surface area contributed by atoms with Crippen LogP contribution in [-0.2, 0) is 4.74 Å². The van der Waals surface area contributed by atoms with Crippen LogP contribution in [0.5, 0.6) is 0 Å². The summed E-state index contributed by atoms with van der Waals surface area (Å²) in [5.74, 6) is 0.529. The summed E-state index contributed by atoms with van der Waals surface area (Å²) in [5.41, 5.74) is 0. The summed E-state index contributed by atoms with van der Waals surface area (Å²) in [6, 6.07) is 0. The molecule has 0 radical (unpaired) electrons. The Morgan fingerprint density at radius 3 is 2.50 bits per heavy atom. The Hall–Kier alpha value is -0.0100. The van der Waals surface area contributed by atoms with E-state index in [2.05, 4.69) is 0 Å². The van der Waals surface area contributed by atoms with E-state index in [1.165, 1.54) is 0 Å². The van der Waals surface area contributed by atoms with Gasteiger partial charge >= 0.3 is 0 Å². The van der Waals surface area contributed by atoms with Crippen LogP contribution in [0.1, 0.15) is 6.92 Å². The molecule has 1 nitrogen and oxygen atoms in total. The normalized spacial score (nSPS) is 14.9. The minimum atomic E-state index is 0.0849. The first kappa shape index (κ1) is 7.99. The predicted molar refractivity (Wildman–Crippen MR) is 36.3 cm³/mol. The summed E-state index contributed by atoms with van der Waals surface area (Å²) in [4.78, 5) is 0. The molecule has 0 amide bonds. The molecule has 2 heteroatoms. The summed E-state index contributed by atoms with van der Waals surface area (Å²) >= 11 is 5.47. The van der Waals surface area contributed by atoms with Gasteiger partial charge in [0.25, 0.3) is 0 Å². The number of allylic oxidation sites excluding steroid dienone is 1. The van der Waals surface area contributed by atoms with Crippen molar-refractivity contribution in [3.63, 3.8) is 0 Å². The zero-order valence-electron chi connectivity index (χ0n) is 5.23. The fourth-order valence-electron chi connectivity index (χ4n) is 0.408. The third-order valence-electron chi connectivity index (χ3n) is 0.862. The second-order valence-corrected chi connectivity index (χ2v) is 1.76. The maximum absolute atomic E-state index is 5.47. The van der Waals surface area contributed by atoms with Crippen molar-refractivity contribution in [2.45, 2.75) is 13.0 Å². The van der Waals surface area contributed by atoms with Crippen molar-refractivity contribution in [1.29, 1.82) is 0 Å². The number of hydrogen-bond acceptors (Lipinski definition) is 1. The lowest BCUT2D eigenvalue weighted by atomic mass is 10.4. The van der Waals surface area contributed by atoms with Crippen molar-refractivity contribution in [3.05, 3.63) is 12.2 Å². The molecule has 0 aromatic heterocycles. The lowest BCUT2D eigenvalue weighted by Crippen LogP contribution is -2.07. The molecule has 0 saturated carbocycles. The minimum Gasteiger partial charge on any atom is -0.376 e. The molecule has 0 fully saturated rings. The van der Waals surface area contributed by atoms with Crippen LogP contribution in [0.3, 0.4) is 0 Å². The SMILES string of the molecule is C/C=C/C(CCl)OC. The molecule has 0 spiro atoms. The standard InChI is InChI=1S/C6H11ClO/c1-3-4-6(5-7)8-2/h3-4,6H,5H2,1-2H3/b4-3+. The van der Waals surface area contributed by atoms with Gasteiger partial charge in [-0.15, -0.1) is 11.6 Å². The van der Waals surface area contributed by atoms with E-state index >= 15 is 0 Å². The van der Waals surface area contributed by atoms with Gasteiger partial charge in [0.05, 0.1) is 12.0 Å².